The van der Waals surface area contributed by atoms with E-state index < -0.39 is 43.3 Å². The highest BCUT2D eigenvalue weighted by Crippen LogP contribution is 2.58. The number of halogens is 1. The molecule has 0 spiro atoms. The van der Waals surface area contributed by atoms with E-state index in [1.165, 1.54) is 50.9 Å². The van der Waals surface area contributed by atoms with E-state index in [1.807, 2.05) is 12.1 Å². The van der Waals surface area contributed by atoms with E-state index in [4.69, 9.17) is 35.3 Å². The highest BCUT2D eigenvalue weighted by Gasteiger charge is 2.47. The van der Waals surface area contributed by atoms with E-state index in [1.54, 1.807) is 37.5 Å². The molecule has 2 aromatic rings. The molecule has 1 heterocycles. The van der Waals surface area contributed by atoms with Crippen LogP contribution in [0.5, 0.6) is 11.5 Å². The van der Waals surface area contributed by atoms with Gasteiger partial charge in [-0.1, -0.05) is 29.8 Å². The minimum Gasteiger partial charge on any atom is -0.496 e. The van der Waals surface area contributed by atoms with Crippen LogP contribution in [0, 0.1) is 23.7 Å². The SMILES string of the molecule is COC(=O)/C=C/c1ccc(C(OC)=C2C3CC4CC(C3)CC2C4)c(Cl)c1OCc1ccc(OC2OC(CO)C(O)C(O)C2O)cc1. The second kappa shape index (κ2) is 13.9. The van der Waals surface area contributed by atoms with E-state index in [-0.39, 0.29) is 6.61 Å². The summed E-state index contributed by atoms with van der Waals surface area (Å²) in [6, 6.07) is 10.6. The zero-order chi connectivity index (χ0) is 32.5. The lowest BCUT2D eigenvalue weighted by Gasteiger charge is -2.51. The highest BCUT2D eigenvalue weighted by molar-refractivity contribution is 6.34. The van der Waals surface area contributed by atoms with Crippen molar-refractivity contribution < 1.29 is 48.9 Å². The van der Waals surface area contributed by atoms with Gasteiger partial charge in [-0.25, -0.2) is 4.79 Å². The van der Waals surface area contributed by atoms with Crippen LogP contribution in [0.2, 0.25) is 5.02 Å². The predicted molar refractivity (Wildman–Crippen MR) is 169 cm³/mol. The minimum absolute atomic E-state index is 0.135. The lowest BCUT2D eigenvalue weighted by Crippen LogP contribution is -2.60. The number of aliphatic hydroxyl groups is 4. The van der Waals surface area contributed by atoms with Gasteiger partial charge in [0.05, 0.1) is 25.8 Å². The molecular weight excluding hydrogens is 616 g/mol. The molecule has 0 amide bonds. The van der Waals surface area contributed by atoms with Gasteiger partial charge in [0.2, 0.25) is 6.29 Å². The molecule has 248 valence electrons. The van der Waals surface area contributed by atoms with Gasteiger partial charge in [0.1, 0.15) is 48.3 Å². The summed E-state index contributed by atoms with van der Waals surface area (Å²) in [4.78, 5) is 11.9. The van der Waals surface area contributed by atoms with Crippen molar-refractivity contribution in [2.75, 3.05) is 20.8 Å². The third kappa shape index (κ3) is 6.52. The number of esters is 1. The first kappa shape index (κ1) is 32.8. The van der Waals surface area contributed by atoms with Crippen molar-refractivity contribution in [1.29, 1.82) is 0 Å². The van der Waals surface area contributed by atoms with Gasteiger partial charge in [-0.2, -0.15) is 0 Å². The monoisotopic (exact) mass is 656 g/mol. The lowest BCUT2D eigenvalue weighted by atomic mass is 9.54. The fourth-order valence-corrected chi connectivity index (χ4v) is 8.13. The van der Waals surface area contributed by atoms with Crippen LogP contribution in [0.3, 0.4) is 0 Å². The Bertz CT molecular complexity index is 1440. The Labute approximate surface area is 273 Å². The Morgan fingerprint density at radius 3 is 2.20 bits per heavy atom. The van der Waals surface area contributed by atoms with Crippen LogP contribution in [0.4, 0.5) is 0 Å². The Morgan fingerprint density at radius 2 is 1.59 bits per heavy atom. The summed E-state index contributed by atoms with van der Waals surface area (Å²) in [7, 11) is 3.01. The van der Waals surface area contributed by atoms with E-state index in [9.17, 15) is 25.2 Å². The Balaban J connectivity index is 1.23. The molecule has 5 unspecified atom stereocenters. The number of ether oxygens (including phenoxy) is 5. The first-order valence-corrected chi connectivity index (χ1v) is 16.1. The van der Waals surface area contributed by atoms with Crippen LogP contribution in [-0.4, -0.2) is 77.9 Å². The summed E-state index contributed by atoms with van der Waals surface area (Å²) in [6.45, 7) is -0.414. The van der Waals surface area contributed by atoms with E-state index in [0.29, 0.717) is 33.9 Å². The number of carbonyl (C=O) groups excluding carboxylic acids is 1. The molecule has 46 heavy (non-hydrogen) atoms. The third-order valence-corrected chi connectivity index (χ3v) is 10.2. The van der Waals surface area contributed by atoms with Crippen molar-refractivity contribution in [1.82, 2.24) is 0 Å². The largest absolute Gasteiger partial charge is 0.496 e. The summed E-state index contributed by atoms with van der Waals surface area (Å²) < 4.78 is 28.3. The molecule has 2 aromatic carbocycles. The maximum atomic E-state index is 11.9. The fraction of sp³-hybridized carbons (Fsp3) is 0.514. The second-order valence-electron chi connectivity index (χ2n) is 12.7. The van der Waals surface area contributed by atoms with Gasteiger partial charge in [0.25, 0.3) is 0 Å². The minimum atomic E-state index is -1.54. The van der Waals surface area contributed by atoms with Crippen LogP contribution >= 0.6 is 11.6 Å². The third-order valence-electron chi connectivity index (χ3n) is 9.86. The molecule has 10 nitrogen and oxygen atoms in total. The molecular formula is C35H41ClO10. The summed E-state index contributed by atoms with van der Waals surface area (Å²) in [5.41, 5.74) is 3.51. The van der Waals surface area contributed by atoms with Crippen LogP contribution < -0.4 is 9.47 Å². The van der Waals surface area contributed by atoms with Crippen LogP contribution in [0.15, 0.2) is 48.0 Å². The topological polar surface area (TPSA) is 144 Å². The van der Waals surface area contributed by atoms with Gasteiger partial charge in [-0.05, 0) is 91.2 Å². The van der Waals surface area contributed by atoms with Crippen molar-refractivity contribution in [3.05, 3.63) is 69.8 Å². The van der Waals surface area contributed by atoms with Gasteiger partial charge < -0.3 is 44.1 Å². The number of benzene rings is 2. The lowest BCUT2D eigenvalue weighted by molar-refractivity contribution is -0.277. The van der Waals surface area contributed by atoms with Crippen molar-refractivity contribution in [3.63, 3.8) is 0 Å². The van der Waals surface area contributed by atoms with Gasteiger partial charge in [-0.3, -0.25) is 0 Å². The van der Waals surface area contributed by atoms with Crippen molar-refractivity contribution in [2.45, 2.75) is 69.4 Å². The van der Waals surface area contributed by atoms with Crippen LogP contribution in [0.25, 0.3) is 11.8 Å². The molecule has 7 rings (SSSR count). The molecule has 4 aliphatic carbocycles. The molecule has 5 aliphatic rings. The first-order valence-electron chi connectivity index (χ1n) is 15.8. The molecule has 0 aromatic heterocycles. The second-order valence-corrected chi connectivity index (χ2v) is 13.1. The molecule has 5 fully saturated rings. The van der Waals surface area contributed by atoms with E-state index >= 15 is 0 Å². The Kier molecular flexibility index (Phi) is 9.94. The molecule has 4 bridgehead atoms. The zero-order valence-electron chi connectivity index (χ0n) is 25.9. The molecule has 1 saturated heterocycles. The van der Waals surface area contributed by atoms with Crippen molar-refractivity contribution >= 4 is 29.4 Å². The quantitative estimate of drug-likeness (QED) is 0.168. The highest BCUT2D eigenvalue weighted by atomic mass is 35.5. The summed E-state index contributed by atoms with van der Waals surface area (Å²) in [5, 5.41) is 40.2. The maximum Gasteiger partial charge on any atom is 0.330 e. The smallest absolute Gasteiger partial charge is 0.330 e. The Hall–Kier alpha value is -3.12. The molecule has 4 saturated carbocycles. The molecule has 0 radical (unpaired) electrons. The molecule has 4 N–H and O–H groups in total. The molecule has 5 atom stereocenters. The van der Waals surface area contributed by atoms with Crippen molar-refractivity contribution in [2.24, 2.45) is 23.7 Å². The number of aliphatic hydroxyl groups excluding tert-OH is 4. The normalized spacial score (nSPS) is 31.6. The fourth-order valence-electron chi connectivity index (χ4n) is 7.81. The number of methoxy groups -OCH3 is 2. The predicted octanol–water partition coefficient (Wildman–Crippen LogP) is 4.10. The standard InChI is InChI=1S/C35H41ClO10/c1-42-27(38)10-6-21-5-9-25(34(43-2)28-22-12-19-11-20(14-22)15-23(28)13-19)29(36)33(21)44-17-18-3-7-24(8-4-18)45-35-32(41)31(40)30(39)26(16-37)46-35/h3-10,19-20,22-23,26,30-32,35,37,39-41H,11-17H2,1-2H3/b10-6+,34-28?. The molecule has 11 heteroatoms. The Morgan fingerprint density at radius 1 is 0.913 bits per heavy atom. The number of hydrogen-bond donors (Lipinski definition) is 4. The van der Waals surface area contributed by atoms with E-state index in [2.05, 4.69) is 0 Å². The van der Waals surface area contributed by atoms with Crippen molar-refractivity contribution in [3.8, 4) is 11.5 Å². The van der Waals surface area contributed by atoms with E-state index in [0.717, 1.165) is 28.7 Å². The van der Waals surface area contributed by atoms with Gasteiger partial charge in [-0.15, -0.1) is 0 Å². The average molecular weight is 657 g/mol. The maximum absolute atomic E-state index is 11.9. The molecule has 1 aliphatic heterocycles. The summed E-state index contributed by atoms with van der Waals surface area (Å²) >= 11 is 7.11. The summed E-state index contributed by atoms with van der Waals surface area (Å²) in [6.07, 6.45) is 2.19. The van der Waals surface area contributed by atoms with Gasteiger partial charge in [0, 0.05) is 17.2 Å². The van der Waals surface area contributed by atoms with Crippen LogP contribution in [-0.2, 0) is 25.6 Å². The number of allylic oxidation sites excluding steroid dienone is 1. The summed E-state index contributed by atoms with van der Waals surface area (Å²) in [5.74, 6) is 3.68. The zero-order valence-corrected chi connectivity index (χ0v) is 26.6. The van der Waals surface area contributed by atoms with Gasteiger partial charge >= 0.3 is 5.97 Å². The number of rotatable bonds is 10. The number of carbonyl (C=O) groups is 1. The first-order chi connectivity index (χ1) is 22.2. The van der Waals surface area contributed by atoms with Gasteiger partial charge in [0.15, 0.2) is 0 Å². The number of hydrogen-bond acceptors (Lipinski definition) is 10. The average Bonchev–Trinajstić information content (AvgIpc) is 3.05. The van der Waals surface area contributed by atoms with Crippen LogP contribution in [0.1, 0.15) is 48.8 Å².